The zero-order chi connectivity index (χ0) is 22.0. The van der Waals surface area contributed by atoms with Crippen LogP contribution in [0, 0.1) is 19.7 Å². The van der Waals surface area contributed by atoms with Crippen molar-refractivity contribution in [2.75, 3.05) is 5.32 Å². The molecule has 0 aliphatic rings. The van der Waals surface area contributed by atoms with Crippen LogP contribution in [0.2, 0.25) is 5.02 Å². The Bertz CT molecular complexity index is 1240. The van der Waals surface area contributed by atoms with E-state index in [1.807, 2.05) is 11.5 Å². The van der Waals surface area contributed by atoms with Gasteiger partial charge in [0.2, 0.25) is 5.88 Å². The van der Waals surface area contributed by atoms with Crippen molar-refractivity contribution in [2.45, 2.75) is 13.8 Å². The summed E-state index contributed by atoms with van der Waals surface area (Å²) in [5.74, 6) is 1.53. The first kappa shape index (κ1) is 20.5. The lowest BCUT2D eigenvalue weighted by atomic mass is 10.2. The average Bonchev–Trinajstić information content (AvgIpc) is 3.15. The fraction of sp³-hybridized carbons (Fsp3) is 0.0909. The number of anilines is 1. The Kier molecular flexibility index (Phi) is 5.64. The van der Waals surface area contributed by atoms with Crippen LogP contribution in [0.15, 0.2) is 60.9 Å². The van der Waals surface area contributed by atoms with E-state index >= 15 is 0 Å². The highest BCUT2D eigenvalue weighted by atomic mass is 35.5. The van der Waals surface area contributed by atoms with Gasteiger partial charge in [-0.3, -0.25) is 9.36 Å². The molecular formula is C22H17ClFN5O2. The topological polar surface area (TPSA) is 81.9 Å². The maximum Gasteiger partial charge on any atom is 0.260 e. The molecule has 4 rings (SSSR count). The highest BCUT2D eigenvalue weighted by Gasteiger charge is 2.16. The molecule has 1 amide bonds. The number of benzene rings is 2. The van der Waals surface area contributed by atoms with Gasteiger partial charge in [-0.1, -0.05) is 17.7 Å². The van der Waals surface area contributed by atoms with Crippen LogP contribution in [-0.2, 0) is 0 Å². The van der Waals surface area contributed by atoms with Gasteiger partial charge in [0.1, 0.15) is 29.0 Å². The van der Waals surface area contributed by atoms with E-state index in [4.69, 9.17) is 16.3 Å². The molecule has 0 aliphatic carbocycles. The summed E-state index contributed by atoms with van der Waals surface area (Å²) in [7, 11) is 0. The van der Waals surface area contributed by atoms with Crippen LogP contribution in [-0.4, -0.2) is 25.4 Å². The summed E-state index contributed by atoms with van der Waals surface area (Å²) in [6.07, 6.45) is 3.50. The Morgan fingerprint density at radius 1 is 1.13 bits per heavy atom. The molecule has 0 saturated carbocycles. The molecule has 0 radical (unpaired) electrons. The van der Waals surface area contributed by atoms with Crippen molar-refractivity contribution in [1.29, 1.82) is 0 Å². The number of halogens is 2. The minimum absolute atomic E-state index is 0.0421. The van der Waals surface area contributed by atoms with Gasteiger partial charge in [0.25, 0.3) is 5.91 Å². The zero-order valence-electron chi connectivity index (χ0n) is 16.6. The Balaban J connectivity index is 1.50. The third-order valence-electron chi connectivity index (χ3n) is 4.40. The third-order valence-corrected chi connectivity index (χ3v) is 4.71. The summed E-state index contributed by atoms with van der Waals surface area (Å²) in [6, 6.07) is 12.4. The normalized spacial score (nSPS) is 10.7. The second kappa shape index (κ2) is 8.53. The van der Waals surface area contributed by atoms with Crippen molar-refractivity contribution < 1.29 is 13.9 Å². The fourth-order valence-electron chi connectivity index (χ4n) is 2.96. The van der Waals surface area contributed by atoms with Crippen molar-refractivity contribution in [3.63, 3.8) is 0 Å². The molecule has 4 aromatic rings. The molecule has 0 aliphatic heterocycles. The third kappa shape index (κ3) is 4.54. The summed E-state index contributed by atoms with van der Waals surface area (Å²) in [4.78, 5) is 25.3. The van der Waals surface area contributed by atoms with Crippen LogP contribution in [0.25, 0.3) is 5.82 Å². The van der Waals surface area contributed by atoms with E-state index < -0.39 is 11.7 Å². The van der Waals surface area contributed by atoms with E-state index in [1.54, 1.807) is 49.6 Å². The van der Waals surface area contributed by atoms with Gasteiger partial charge < -0.3 is 10.1 Å². The molecule has 156 valence electrons. The molecule has 0 fully saturated rings. The fourth-order valence-corrected chi connectivity index (χ4v) is 3.21. The first-order chi connectivity index (χ1) is 14.9. The summed E-state index contributed by atoms with van der Waals surface area (Å²) < 4.78 is 21.6. The van der Waals surface area contributed by atoms with Crippen LogP contribution in [0.5, 0.6) is 11.6 Å². The van der Waals surface area contributed by atoms with Gasteiger partial charge in [0.15, 0.2) is 0 Å². The minimum atomic E-state index is -0.687. The van der Waals surface area contributed by atoms with Gasteiger partial charge in [0, 0.05) is 24.1 Å². The summed E-state index contributed by atoms with van der Waals surface area (Å²) >= 11 is 5.94. The lowest BCUT2D eigenvalue weighted by Crippen LogP contribution is -2.14. The highest BCUT2D eigenvalue weighted by Crippen LogP contribution is 2.25. The molecule has 9 heteroatoms. The number of nitrogens with zero attached hydrogens (tertiary/aromatic N) is 4. The quantitative estimate of drug-likeness (QED) is 0.468. The first-order valence-electron chi connectivity index (χ1n) is 9.30. The van der Waals surface area contributed by atoms with E-state index in [0.717, 1.165) is 5.82 Å². The van der Waals surface area contributed by atoms with Crippen molar-refractivity contribution in [2.24, 2.45) is 0 Å². The first-order valence-corrected chi connectivity index (χ1v) is 9.68. The number of nitrogens with one attached hydrogen (secondary N) is 1. The van der Waals surface area contributed by atoms with E-state index in [0.29, 0.717) is 29.0 Å². The molecule has 7 nitrogen and oxygen atoms in total. The van der Waals surface area contributed by atoms with Crippen molar-refractivity contribution >= 4 is 23.2 Å². The average molecular weight is 438 g/mol. The second-order valence-corrected chi connectivity index (χ2v) is 7.04. The van der Waals surface area contributed by atoms with E-state index in [2.05, 4.69) is 20.3 Å². The number of imidazole rings is 1. The number of hydrogen-bond donors (Lipinski definition) is 1. The van der Waals surface area contributed by atoms with Crippen molar-refractivity contribution in [3.05, 3.63) is 89.0 Å². The van der Waals surface area contributed by atoms with Gasteiger partial charge in [-0.15, -0.1) is 0 Å². The van der Waals surface area contributed by atoms with Gasteiger partial charge in [-0.25, -0.2) is 14.4 Å². The largest absolute Gasteiger partial charge is 0.439 e. The Labute approximate surface area is 182 Å². The lowest BCUT2D eigenvalue weighted by molar-refractivity contribution is 0.102. The molecule has 31 heavy (non-hydrogen) atoms. The molecule has 0 spiro atoms. The van der Waals surface area contributed by atoms with Crippen molar-refractivity contribution in [1.82, 2.24) is 19.5 Å². The number of rotatable bonds is 5. The Hall–Kier alpha value is -3.78. The van der Waals surface area contributed by atoms with Crippen LogP contribution in [0.4, 0.5) is 10.1 Å². The number of ether oxygens (including phenoxy) is 1. The van der Waals surface area contributed by atoms with E-state index in [1.165, 1.54) is 18.2 Å². The Morgan fingerprint density at radius 2 is 1.90 bits per heavy atom. The molecule has 0 atom stereocenters. The van der Waals surface area contributed by atoms with Gasteiger partial charge in [0.05, 0.1) is 10.6 Å². The van der Waals surface area contributed by atoms with Gasteiger partial charge in [-0.05, 0) is 50.2 Å². The predicted octanol–water partition coefficient (Wildman–Crippen LogP) is 5.12. The lowest BCUT2D eigenvalue weighted by Gasteiger charge is -2.11. The standard InChI is InChI=1S/C22H17ClFN5O2/c1-13-26-19(29-11-10-25-14(29)2)12-20(27-13)31-16-8-6-15(7-9-16)28-22(30)21-17(23)4-3-5-18(21)24/h3-12H,1-2H3,(H,28,30). The molecule has 0 bridgehead atoms. The summed E-state index contributed by atoms with van der Waals surface area (Å²) in [5.41, 5.74) is 0.258. The number of aromatic nitrogens is 4. The predicted molar refractivity (Wildman–Crippen MR) is 115 cm³/mol. The van der Waals surface area contributed by atoms with E-state index in [-0.39, 0.29) is 10.6 Å². The monoisotopic (exact) mass is 437 g/mol. The molecule has 1 N–H and O–H groups in total. The zero-order valence-corrected chi connectivity index (χ0v) is 17.4. The molecule has 2 aromatic carbocycles. The second-order valence-electron chi connectivity index (χ2n) is 6.63. The number of amides is 1. The minimum Gasteiger partial charge on any atom is -0.439 e. The Morgan fingerprint density at radius 3 is 2.58 bits per heavy atom. The van der Waals surface area contributed by atoms with Crippen LogP contribution >= 0.6 is 11.6 Å². The molecular weight excluding hydrogens is 421 g/mol. The van der Waals surface area contributed by atoms with Crippen LogP contribution < -0.4 is 10.1 Å². The molecule has 0 unspecified atom stereocenters. The number of hydrogen-bond acceptors (Lipinski definition) is 5. The SMILES string of the molecule is Cc1nc(Oc2ccc(NC(=O)c3c(F)cccc3Cl)cc2)cc(-n2ccnc2C)n1. The number of aryl methyl sites for hydroxylation is 2. The number of carbonyl (C=O) groups excluding carboxylic acids is 1. The van der Waals surface area contributed by atoms with Crippen LogP contribution in [0.1, 0.15) is 22.0 Å². The van der Waals surface area contributed by atoms with Gasteiger partial charge in [-0.2, -0.15) is 4.98 Å². The highest BCUT2D eigenvalue weighted by molar-refractivity contribution is 6.34. The maximum atomic E-state index is 13.9. The summed E-state index contributed by atoms with van der Waals surface area (Å²) in [5, 5.41) is 2.66. The molecule has 2 aromatic heterocycles. The number of carbonyl (C=O) groups is 1. The molecule has 0 saturated heterocycles. The van der Waals surface area contributed by atoms with Crippen molar-refractivity contribution in [3.8, 4) is 17.4 Å². The van der Waals surface area contributed by atoms with Crippen LogP contribution in [0.3, 0.4) is 0 Å². The smallest absolute Gasteiger partial charge is 0.260 e. The maximum absolute atomic E-state index is 13.9. The summed E-state index contributed by atoms with van der Waals surface area (Å²) in [6.45, 7) is 3.65. The van der Waals surface area contributed by atoms with Gasteiger partial charge >= 0.3 is 0 Å². The van der Waals surface area contributed by atoms with E-state index in [9.17, 15) is 9.18 Å². The molecule has 2 heterocycles.